The quantitative estimate of drug-likeness (QED) is 0.786. The van der Waals surface area contributed by atoms with Gasteiger partial charge in [-0.05, 0) is 33.6 Å². The van der Waals surface area contributed by atoms with Gasteiger partial charge in [-0.25, -0.2) is 4.79 Å². The molecule has 0 radical (unpaired) electrons. The number of amides is 1. The molecule has 1 aliphatic rings. The molecule has 0 aromatic carbocycles. The van der Waals surface area contributed by atoms with Crippen LogP contribution in [0.1, 0.15) is 52.9 Å². The van der Waals surface area contributed by atoms with Crippen molar-refractivity contribution < 1.29 is 9.53 Å². The van der Waals surface area contributed by atoms with E-state index in [2.05, 4.69) is 12.6 Å². The maximum absolute atomic E-state index is 12.1. The second kappa shape index (κ2) is 6.53. The van der Waals surface area contributed by atoms with Crippen molar-refractivity contribution in [1.82, 2.24) is 4.90 Å². The zero-order valence-corrected chi connectivity index (χ0v) is 12.1. The van der Waals surface area contributed by atoms with Crippen molar-refractivity contribution in [2.24, 2.45) is 0 Å². The Morgan fingerprint density at radius 2 is 1.88 bits per heavy atom. The van der Waals surface area contributed by atoms with E-state index in [9.17, 15) is 4.79 Å². The first kappa shape index (κ1) is 14.7. The van der Waals surface area contributed by atoms with Crippen LogP contribution >= 0.6 is 12.6 Å². The fourth-order valence-corrected chi connectivity index (χ4v) is 2.46. The molecule has 3 nitrogen and oxygen atoms in total. The van der Waals surface area contributed by atoms with Crippen LogP contribution in [-0.2, 0) is 4.74 Å². The van der Waals surface area contributed by atoms with E-state index in [-0.39, 0.29) is 6.09 Å². The van der Waals surface area contributed by atoms with Crippen LogP contribution in [0.5, 0.6) is 0 Å². The second-order valence-corrected chi connectivity index (χ2v) is 6.14. The molecule has 4 heteroatoms. The van der Waals surface area contributed by atoms with Gasteiger partial charge in [0.1, 0.15) is 5.60 Å². The Morgan fingerprint density at radius 3 is 2.35 bits per heavy atom. The molecule has 0 atom stereocenters. The summed E-state index contributed by atoms with van der Waals surface area (Å²) in [6, 6.07) is 0.353. The lowest BCUT2D eigenvalue weighted by molar-refractivity contribution is 0.0138. The van der Waals surface area contributed by atoms with Gasteiger partial charge < -0.3 is 9.64 Å². The summed E-state index contributed by atoms with van der Waals surface area (Å²) in [5, 5.41) is 0. The SMILES string of the molecule is CC(C)(C)OC(=O)N(CCS)C1CCCCC1. The van der Waals surface area contributed by atoms with Gasteiger partial charge in [0.05, 0.1) is 0 Å². The minimum atomic E-state index is -0.416. The Hall–Kier alpha value is -0.380. The summed E-state index contributed by atoms with van der Waals surface area (Å²) in [6.07, 6.45) is 5.76. The molecular weight excluding hydrogens is 234 g/mol. The Balaban J connectivity index is 2.60. The number of ether oxygens (including phenoxy) is 1. The molecule has 0 N–H and O–H groups in total. The summed E-state index contributed by atoms with van der Waals surface area (Å²) in [7, 11) is 0. The number of nitrogens with zero attached hydrogens (tertiary/aromatic N) is 1. The van der Waals surface area contributed by atoms with E-state index in [4.69, 9.17) is 4.74 Å². The average Bonchev–Trinajstić information content (AvgIpc) is 2.24. The molecule has 0 spiro atoms. The zero-order chi connectivity index (χ0) is 12.9. The van der Waals surface area contributed by atoms with Gasteiger partial charge in [0.25, 0.3) is 0 Å². The number of hydrogen-bond acceptors (Lipinski definition) is 3. The van der Waals surface area contributed by atoms with Crippen LogP contribution in [0.3, 0.4) is 0 Å². The van der Waals surface area contributed by atoms with E-state index in [1.54, 1.807) is 0 Å². The highest BCUT2D eigenvalue weighted by atomic mass is 32.1. The van der Waals surface area contributed by atoms with Gasteiger partial charge in [0, 0.05) is 18.3 Å². The van der Waals surface area contributed by atoms with Crippen molar-refractivity contribution in [3.8, 4) is 0 Å². The molecule has 100 valence electrons. The molecular formula is C13H25NO2S. The van der Waals surface area contributed by atoms with Crippen molar-refractivity contribution in [3.63, 3.8) is 0 Å². The lowest BCUT2D eigenvalue weighted by Crippen LogP contribution is -2.45. The smallest absolute Gasteiger partial charge is 0.410 e. The van der Waals surface area contributed by atoms with Crippen molar-refractivity contribution >= 4 is 18.7 Å². The van der Waals surface area contributed by atoms with Crippen LogP contribution in [0.15, 0.2) is 0 Å². The van der Waals surface area contributed by atoms with Gasteiger partial charge in [-0.1, -0.05) is 19.3 Å². The first-order valence-electron chi connectivity index (χ1n) is 6.54. The molecule has 17 heavy (non-hydrogen) atoms. The highest BCUT2D eigenvalue weighted by Crippen LogP contribution is 2.24. The fraction of sp³-hybridized carbons (Fsp3) is 0.923. The normalized spacial score (nSPS) is 17.9. The second-order valence-electron chi connectivity index (χ2n) is 5.69. The van der Waals surface area contributed by atoms with E-state index in [1.807, 2.05) is 25.7 Å². The van der Waals surface area contributed by atoms with Crippen LogP contribution in [0.25, 0.3) is 0 Å². The number of thiol groups is 1. The summed E-state index contributed by atoms with van der Waals surface area (Å²) in [5.74, 6) is 0.690. The third kappa shape index (κ3) is 5.19. The summed E-state index contributed by atoms with van der Waals surface area (Å²) < 4.78 is 5.46. The van der Waals surface area contributed by atoms with E-state index in [0.717, 1.165) is 12.8 Å². The van der Waals surface area contributed by atoms with Crippen LogP contribution in [-0.4, -0.2) is 34.9 Å². The lowest BCUT2D eigenvalue weighted by atomic mass is 9.94. The molecule has 1 rings (SSSR count). The maximum Gasteiger partial charge on any atom is 0.410 e. The molecule has 1 saturated carbocycles. The fourth-order valence-electron chi connectivity index (χ4n) is 2.24. The van der Waals surface area contributed by atoms with Crippen LogP contribution < -0.4 is 0 Å². The van der Waals surface area contributed by atoms with Crippen LogP contribution in [0, 0.1) is 0 Å². The lowest BCUT2D eigenvalue weighted by Gasteiger charge is -2.35. The van der Waals surface area contributed by atoms with Gasteiger partial charge in [0.15, 0.2) is 0 Å². The number of hydrogen-bond donors (Lipinski definition) is 1. The molecule has 0 aromatic rings. The summed E-state index contributed by atoms with van der Waals surface area (Å²) in [4.78, 5) is 14.0. The van der Waals surface area contributed by atoms with Crippen LogP contribution in [0.4, 0.5) is 4.79 Å². The Morgan fingerprint density at radius 1 is 1.29 bits per heavy atom. The molecule has 0 heterocycles. The standard InChI is InChI=1S/C13H25NO2S/c1-13(2,3)16-12(15)14(9-10-17)11-7-5-4-6-8-11/h11,17H,4-10H2,1-3H3. The van der Waals surface area contributed by atoms with Gasteiger partial charge in [-0.2, -0.15) is 12.6 Å². The van der Waals surface area contributed by atoms with Crippen molar-refractivity contribution in [2.75, 3.05) is 12.3 Å². The topological polar surface area (TPSA) is 29.5 Å². The molecule has 1 amide bonds. The molecule has 0 bridgehead atoms. The van der Waals surface area contributed by atoms with Gasteiger partial charge >= 0.3 is 6.09 Å². The summed E-state index contributed by atoms with van der Waals surface area (Å²) in [6.45, 7) is 6.41. The Bertz CT molecular complexity index is 244. The minimum absolute atomic E-state index is 0.182. The van der Waals surface area contributed by atoms with E-state index in [0.29, 0.717) is 18.3 Å². The van der Waals surface area contributed by atoms with Crippen molar-refractivity contribution in [1.29, 1.82) is 0 Å². The molecule has 0 unspecified atom stereocenters. The number of carbonyl (C=O) groups is 1. The first-order valence-corrected chi connectivity index (χ1v) is 7.18. The monoisotopic (exact) mass is 259 g/mol. The van der Waals surface area contributed by atoms with E-state index >= 15 is 0 Å². The molecule has 0 aliphatic heterocycles. The Labute approximate surface area is 110 Å². The highest BCUT2D eigenvalue weighted by Gasteiger charge is 2.28. The number of carbonyl (C=O) groups excluding carboxylic acids is 1. The van der Waals surface area contributed by atoms with E-state index < -0.39 is 5.60 Å². The summed E-state index contributed by atoms with van der Waals surface area (Å²) in [5.41, 5.74) is -0.416. The molecule has 1 aliphatic carbocycles. The largest absolute Gasteiger partial charge is 0.444 e. The van der Waals surface area contributed by atoms with Crippen molar-refractivity contribution in [2.45, 2.75) is 64.5 Å². The predicted molar refractivity (Wildman–Crippen MR) is 73.7 cm³/mol. The third-order valence-electron chi connectivity index (χ3n) is 2.98. The average molecular weight is 259 g/mol. The van der Waals surface area contributed by atoms with E-state index in [1.165, 1.54) is 19.3 Å². The van der Waals surface area contributed by atoms with Gasteiger partial charge in [-0.3, -0.25) is 0 Å². The van der Waals surface area contributed by atoms with Gasteiger partial charge in [0.2, 0.25) is 0 Å². The predicted octanol–water partition coefficient (Wildman–Crippen LogP) is 3.49. The molecule has 0 aromatic heterocycles. The Kier molecular flexibility index (Phi) is 5.63. The maximum atomic E-state index is 12.1. The first-order chi connectivity index (χ1) is 7.94. The molecule has 0 saturated heterocycles. The third-order valence-corrected chi connectivity index (χ3v) is 3.18. The zero-order valence-electron chi connectivity index (χ0n) is 11.2. The highest BCUT2D eigenvalue weighted by molar-refractivity contribution is 7.80. The minimum Gasteiger partial charge on any atom is -0.444 e. The molecule has 1 fully saturated rings. The summed E-state index contributed by atoms with van der Waals surface area (Å²) >= 11 is 4.24. The van der Waals surface area contributed by atoms with Crippen molar-refractivity contribution in [3.05, 3.63) is 0 Å². The number of rotatable bonds is 3. The van der Waals surface area contributed by atoms with Crippen LogP contribution in [0.2, 0.25) is 0 Å². The van der Waals surface area contributed by atoms with Gasteiger partial charge in [-0.15, -0.1) is 0 Å².